The van der Waals surface area contributed by atoms with Crippen LogP contribution in [0.25, 0.3) is 51.8 Å². The molecule has 6 aromatic rings. The molecule has 2 aliphatic rings. The number of carbonyl (C=O) groups excluding carboxylic acids is 2. The minimum Gasteiger partial charge on any atom is -0.490 e. The predicted molar refractivity (Wildman–Crippen MR) is 520 cm³/mol. The molecule has 670 valence electrons. The van der Waals surface area contributed by atoms with E-state index in [1.165, 1.54) is 308 Å². The molecular formula is C106H164N2O8S4. The molecular weight excluding hydrogens is 1560 g/mol. The molecule has 2 N–H and O–H groups in total. The molecule has 120 heavy (non-hydrogen) atoms. The van der Waals surface area contributed by atoms with Crippen LogP contribution in [0.2, 0.25) is 0 Å². The molecule has 0 bridgehead atoms. The lowest BCUT2D eigenvalue weighted by molar-refractivity contribution is -0.117. The Hall–Kier alpha value is -5.54. The summed E-state index contributed by atoms with van der Waals surface area (Å²) >= 11 is 6.68. The van der Waals surface area contributed by atoms with Gasteiger partial charge < -0.3 is 39.1 Å². The lowest BCUT2D eigenvalue weighted by Gasteiger charge is -2.19. The van der Waals surface area contributed by atoms with E-state index in [0.29, 0.717) is 62.2 Å². The second kappa shape index (κ2) is 63.4. The molecule has 2 aromatic carbocycles. The highest BCUT2D eigenvalue weighted by Crippen LogP contribution is 2.50. The summed E-state index contributed by atoms with van der Waals surface area (Å²) in [6, 6.07) is 25.9. The molecule has 6 heterocycles. The van der Waals surface area contributed by atoms with Gasteiger partial charge in [0.2, 0.25) is 11.5 Å². The zero-order valence-electron chi connectivity index (χ0n) is 76.5. The van der Waals surface area contributed by atoms with Gasteiger partial charge in [-0.2, -0.15) is 0 Å². The van der Waals surface area contributed by atoms with Gasteiger partial charge in [0.1, 0.15) is 0 Å². The third-order valence-corrected chi connectivity index (χ3v) is 29.1. The number of hydrogen-bond acceptors (Lipinski definition) is 12. The van der Waals surface area contributed by atoms with Crippen molar-refractivity contribution in [2.24, 2.45) is 0 Å². The fraction of sp³-hybridized carbons (Fsp3) is 0.679. The van der Waals surface area contributed by atoms with Gasteiger partial charge in [0.15, 0.2) is 23.0 Å². The zero-order valence-corrected chi connectivity index (χ0v) is 79.8. The first-order chi connectivity index (χ1) is 59.3. The van der Waals surface area contributed by atoms with Crippen LogP contribution in [0.5, 0.6) is 34.5 Å². The average Bonchev–Trinajstić information content (AvgIpc) is 1.58. The first-order valence-corrected chi connectivity index (χ1v) is 53.2. The van der Waals surface area contributed by atoms with Gasteiger partial charge in [0.05, 0.1) is 71.9 Å². The fourth-order valence-corrected chi connectivity index (χ4v) is 21.0. The first kappa shape index (κ1) is 99.9. The van der Waals surface area contributed by atoms with Crippen LogP contribution in [0.1, 0.15) is 437 Å². The maximum absolute atomic E-state index is 14.4. The molecule has 4 aromatic heterocycles. The number of rotatable bonds is 78. The molecule has 0 radical (unpaired) electrons. The van der Waals surface area contributed by atoms with Crippen LogP contribution in [0, 0.1) is 0 Å². The van der Waals surface area contributed by atoms with Crippen LogP contribution in [-0.2, 0) is 9.59 Å². The molecule has 10 nitrogen and oxygen atoms in total. The van der Waals surface area contributed by atoms with Crippen molar-refractivity contribution in [3.05, 3.63) is 93.7 Å². The van der Waals surface area contributed by atoms with Gasteiger partial charge in [-0.05, 0) is 122 Å². The normalized spacial score (nSPS) is 12.7. The number of ether oxygens (including phenoxy) is 6. The number of nitrogens with one attached hydrogen (secondary N) is 2. The zero-order chi connectivity index (χ0) is 84.3. The van der Waals surface area contributed by atoms with Gasteiger partial charge in [0.25, 0.3) is 11.8 Å². The largest absolute Gasteiger partial charge is 0.490 e. The van der Waals surface area contributed by atoms with Crippen LogP contribution in [0.15, 0.2) is 83.9 Å². The van der Waals surface area contributed by atoms with E-state index in [1.807, 2.05) is 0 Å². The molecule has 0 atom stereocenters. The highest BCUT2D eigenvalue weighted by atomic mass is 32.1. The Morgan fingerprint density at radius 1 is 0.208 bits per heavy atom. The van der Waals surface area contributed by atoms with E-state index < -0.39 is 0 Å². The third kappa shape index (κ3) is 37.7. The van der Waals surface area contributed by atoms with Gasteiger partial charge in [-0.1, -0.05) is 388 Å². The number of hydrogen-bond donors (Lipinski definition) is 2. The van der Waals surface area contributed by atoms with Crippen molar-refractivity contribution >= 4 is 68.6 Å². The Bertz CT molecular complexity index is 3420. The van der Waals surface area contributed by atoms with Gasteiger partial charge in [-0.3, -0.25) is 9.59 Å². The highest BCUT2D eigenvalue weighted by Gasteiger charge is 2.42. The van der Waals surface area contributed by atoms with Crippen molar-refractivity contribution in [2.75, 3.05) is 39.6 Å². The van der Waals surface area contributed by atoms with Gasteiger partial charge >= 0.3 is 0 Å². The Balaban J connectivity index is 0.986. The Labute approximate surface area is 746 Å². The van der Waals surface area contributed by atoms with Crippen LogP contribution in [0.4, 0.5) is 0 Å². The van der Waals surface area contributed by atoms with E-state index in [0.717, 1.165) is 162 Å². The van der Waals surface area contributed by atoms with E-state index in [-0.39, 0.29) is 11.8 Å². The smallest absolute Gasteiger partial charge is 0.258 e. The molecule has 2 aliphatic heterocycles. The lowest BCUT2D eigenvalue weighted by atomic mass is 10.1. The average molecular weight is 1720 g/mol. The van der Waals surface area contributed by atoms with E-state index in [4.69, 9.17) is 28.4 Å². The second-order valence-electron chi connectivity index (χ2n) is 34.8. The quantitative estimate of drug-likeness (QED) is 0.0363. The van der Waals surface area contributed by atoms with Crippen molar-refractivity contribution < 1.29 is 38.0 Å². The summed E-state index contributed by atoms with van der Waals surface area (Å²) in [6.45, 7) is 17.6. The van der Waals surface area contributed by atoms with Gasteiger partial charge in [0, 0.05) is 29.3 Å². The first-order valence-electron chi connectivity index (χ1n) is 49.9. The summed E-state index contributed by atoms with van der Waals surface area (Å²) in [5.41, 5.74) is 4.03. The summed E-state index contributed by atoms with van der Waals surface area (Å²) in [5, 5.41) is 6.36. The molecule has 0 saturated heterocycles. The van der Waals surface area contributed by atoms with Crippen molar-refractivity contribution in [3.63, 3.8) is 0 Å². The summed E-state index contributed by atoms with van der Waals surface area (Å²) in [5.74, 6) is 4.03. The van der Waals surface area contributed by atoms with E-state index in [2.05, 4.69) is 125 Å². The van der Waals surface area contributed by atoms with E-state index in [1.54, 1.807) is 45.3 Å². The number of fused-ring (bicyclic) bond motifs is 1. The number of unbranched alkanes of at least 4 members (excludes halogenated alkanes) is 54. The maximum Gasteiger partial charge on any atom is 0.258 e. The molecule has 0 saturated carbocycles. The van der Waals surface area contributed by atoms with E-state index >= 15 is 0 Å². The van der Waals surface area contributed by atoms with Gasteiger partial charge in [-0.15, -0.1) is 45.3 Å². The molecule has 2 amide bonds. The summed E-state index contributed by atoms with van der Waals surface area (Å²) in [4.78, 5) is 37.0. The van der Waals surface area contributed by atoms with Crippen LogP contribution < -0.4 is 39.1 Å². The Kier molecular flexibility index (Phi) is 52.8. The minimum absolute atomic E-state index is 0.267. The monoisotopic (exact) mass is 1720 g/mol. The number of carbonyl (C=O) groups is 2. The van der Waals surface area contributed by atoms with Crippen LogP contribution >= 0.6 is 45.3 Å². The lowest BCUT2D eigenvalue weighted by Crippen LogP contribution is -2.20. The standard InChI is InChI=1S/C106H164N2O8S4/c1-7-13-19-25-31-37-43-49-55-61-75-111-87-81-85(82-88(112-76-62-56-50-44-38-32-26-20-14-8-2)103(87)115-79-65-59-53-47-41-35-29-23-17-11-5)91-67-69-93(117-91)95-71-73-97(119-95)101-99-100(106(110)107-101)102(108-105(99)109)98-74-72-96(120-98)94-70-68-92(118-94)86-83-89(113-77-63-57-51-45-39-33-27-21-15-9-3)104(116-80-66-60-54-48-42-36-30-24-18-12-6)90(84-86)114-78-64-58-52-46-40-34-28-22-16-10-4/h67-74,81-84H,7-66,75-80H2,1-6H3,(H,107,110)(H,108,109). The van der Waals surface area contributed by atoms with Crippen molar-refractivity contribution in [1.82, 2.24) is 10.6 Å². The summed E-state index contributed by atoms with van der Waals surface area (Å²) in [7, 11) is 0. The topological polar surface area (TPSA) is 114 Å². The SMILES string of the molecule is CCCCCCCCCCCCOc1cc(-c2ccc(-c3ccc(C4=C5C(=O)NC(c6ccc(-c7ccc(-c8cc(OCCCCCCCCCCCC)c(OCCCCCCCCCCCC)c(OCCCCCCCCCCCC)c8)s7)s6)=C5C(=O)N4)s3)s2)cc(OCCCCCCCCCCCC)c1OCCCCCCCCCCCC. The molecule has 14 heteroatoms. The Morgan fingerprint density at radius 3 is 0.583 bits per heavy atom. The molecule has 0 spiro atoms. The fourth-order valence-electron chi connectivity index (χ4n) is 16.8. The van der Waals surface area contributed by atoms with Crippen LogP contribution in [-0.4, -0.2) is 51.5 Å². The second-order valence-corrected chi connectivity index (χ2v) is 39.2. The molecule has 8 rings (SSSR count). The summed E-state index contributed by atoms with van der Waals surface area (Å²) in [6.07, 6.45) is 76.4. The maximum atomic E-state index is 14.4. The van der Waals surface area contributed by atoms with Crippen molar-refractivity contribution in [1.29, 1.82) is 0 Å². The predicted octanol–water partition coefficient (Wildman–Crippen LogP) is 34.8. The summed E-state index contributed by atoms with van der Waals surface area (Å²) < 4.78 is 41.1. The minimum atomic E-state index is -0.267. The van der Waals surface area contributed by atoms with Crippen molar-refractivity contribution in [2.45, 2.75) is 427 Å². The third-order valence-electron chi connectivity index (χ3n) is 24.2. The van der Waals surface area contributed by atoms with Crippen molar-refractivity contribution in [3.8, 4) is 74.9 Å². The van der Waals surface area contributed by atoms with Crippen LogP contribution in [0.3, 0.4) is 0 Å². The number of amides is 2. The number of benzene rings is 2. The molecule has 0 fully saturated rings. The van der Waals surface area contributed by atoms with E-state index in [9.17, 15) is 9.59 Å². The highest BCUT2D eigenvalue weighted by molar-refractivity contribution is 7.25. The van der Waals surface area contributed by atoms with Gasteiger partial charge in [-0.25, -0.2) is 0 Å². The Morgan fingerprint density at radius 2 is 0.375 bits per heavy atom. The molecule has 0 unspecified atom stereocenters. The number of thiophene rings is 4. The molecule has 0 aliphatic carbocycles.